The first-order chi connectivity index (χ1) is 3.68. The summed E-state index contributed by atoms with van der Waals surface area (Å²) in [5.74, 6) is 0. The Balaban J connectivity index is 0. The van der Waals surface area contributed by atoms with Crippen molar-refractivity contribution in [3.63, 3.8) is 0 Å². The van der Waals surface area contributed by atoms with Crippen molar-refractivity contribution in [1.29, 1.82) is 0 Å². The van der Waals surface area contributed by atoms with Gasteiger partial charge < -0.3 is 5.73 Å². The number of rotatable bonds is 3. The fourth-order valence-corrected chi connectivity index (χ4v) is 0.750. The Morgan fingerprint density at radius 3 is 1.22 bits per heavy atom. The van der Waals surface area contributed by atoms with E-state index in [1.54, 1.807) is 0 Å². The molecule has 1 N–H and O–H groups in total. The average Bonchev–Trinajstić information content (AvgIpc) is 1.87. The normalized spacial score (nSPS) is 10.7. The van der Waals surface area contributed by atoms with E-state index >= 15 is 0 Å². The molecule has 0 unspecified atom stereocenters. The fraction of sp³-hybridized carbons (Fsp3) is 1.00. The van der Waals surface area contributed by atoms with Crippen LogP contribution in [-0.2, 0) is 0 Å². The summed E-state index contributed by atoms with van der Waals surface area (Å²) < 4.78 is 0. The molecule has 0 fully saturated rings. The first-order valence-corrected chi connectivity index (χ1v) is 3.43. The van der Waals surface area contributed by atoms with Crippen LogP contribution in [0.5, 0.6) is 0 Å². The van der Waals surface area contributed by atoms with E-state index in [2.05, 4.69) is 20.8 Å². The molecule has 2 heteroatoms. The van der Waals surface area contributed by atoms with E-state index in [4.69, 9.17) is 5.73 Å². The van der Waals surface area contributed by atoms with Crippen molar-refractivity contribution in [2.45, 2.75) is 45.6 Å². The Morgan fingerprint density at radius 2 is 1.22 bits per heavy atom. The van der Waals surface area contributed by atoms with E-state index < -0.39 is 0 Å². The molecule has 0 heterocycles. The van der Waals surface area contributed by atoms with Crippen LogP contribution in [0, 0.1) is 0 Å². The smallest absolute Gasteiger partial charge is 0.672 e. The first-order valence-electron chi connectivity index (χ1n) is 3.43. The maximum absolute atomic E-state index is 7.67. The van der Waals surface area contributed by atoms with Gasteiger partial charge in [0.25, 0.3) is 0 Å². The first kappa shape index (κ1) is 12.3. The topological polar surface area (TPSA) is 23.8 Å². The second kappa shape index (κ2) is 5.35. The second-order valence-corrected chi connectivity index (χ2v) is 2.34. The Hall–Kier alpha value is 0.557. The van der Waals surface area contributed by atoms with E-state index in [1.165, 1.54) is 0 Å². The van der Waals surface area contributed by atoms with Crippen LogP contribution < -0.4 is 18.9 Å². The Labute approximate surface area is 70.6 Å². The Bertz CT molecular complexity index is 51.7. The van der Waals surface area contributed by atoms with Crippen molar-refractivity contribution in [1.82, 2.24) is 0 Å². The summed E-state index contributed by atoms with van der Waals surface area (Å²) >= 11 is 0. The maximum atomic E-state index is 7.67. The Kier molecular flexibility index (Phi) is 7.29. The SMILES string of the molecule is CCC([NH-])(CC)CC.[Li+]. The van der Waals surface area contributed by atoms with E-state index in [9.17, 15) is 0 Å². The van der Waals surface area contributed by atoms with Crippen molar-refractivity contribution < 1.29 is 18.9 Å². The summed E-state index contributed by atoms with van der Waals surface area (Å²) in [6.45, 7) is 6.25. The van der Waals surface area contributed by atoms with Crippen LogP contribution in [0.25, 0.3) is 5.73 Å². The summed E-state index contributed by atoms with van der Waals surface area (Å²) in [5, 5.41) is 0. The molecule has 1 nitrogen and oxygen atoms in total. The molecule has 0 aliphatic heterocycles. The van der Waals surface area contributed by atoms with E-state index in [-0.39, 0.29) is 24.4 Å². The van der Waals surface area contributed by atoms with E-state index in [0.717, 1.165) is 19.3 Å². The van der Waals surface area contributed by atoms with Crippen LogP contribution in [-0.4, -0.2) is 5.54 Å². The van der Waals surface area contributed by atoms with Gasteiger partial charge in [-0.05, 0) is 0 Å². The van der Waals surface area contributed by atoms with E-state index in [1.807, 2.05) is 0 Å². The number of hydrogen-bond acceptors (Lipinski definition) is 0. The van der Waals surface area contributed by atoms with Crippen LogP contribution in [0.2, 0.25) is 0 Å². The van der Waals surface area contributed by atoms with Crippen LogP contribution in [0.3, 0.4) is 0 Å². The molecule has 0 aliphatic rings. The summed E-state index contributed by atoms with van der Waals surface area (Å²) in [4.78, 5) is 0. The van der Waals surface area contributed by atoms with Gasteiger partial charge in [0, 0.05) is 0 Å². The maximum Gasteiger partial charge on any atom is 1.00 e. The van der Waals surface area contributed by atoms with Crippen LogP contribution in [0.1, 0.15) is 40.0 Å². The molecular weight excluding hydrogens is 105 g/mol. The van der Waals surface area contributed by atoms with E-state index in [0.29, 0.717) is 0 Å². The van der Waals surface area contributed by atoms with Gasteiger partial charge in [-0.1, -0.05) is 40.0 Å². The fourth-order valence-electron chi connectivity index (χ4n) is 0.750. The molecule has 0 bridgehead atoms. The monoisotopic (exact) mass is 121 g/mol. The molecule has 0 radical (unpaired) electrons. The molecular formula is C7H16LiN. The van der Waals surface area contributed by atoms with Gasteiger partial charge in [-0.2, -0.15) is 0 Å². The third kappa shape index (κ3) is 4.03. The van der Waals surface area contributed by atoms with Gasteiger partial charge >= 0.3 is 18.9 Å². The molecule has 0 aromatic rings. The predicted molar refractivity (Wildman–Crippen MR) is 37.9 cm³/mol. The molecule has 0 atom stereocenters. The summed E-state index contributed by atoms with van der Waals surface area (Å²) in [7, 11) is 0. The number of nitrogens with one attached hydrogen (secondary N) is 1. The molecule has 50 valence electrons. The minimum atomic E-state index is -0.125. The standard InChI is InChI=1S/C7H16N.Li/c1-4-7(8,5-2)6-3;/h8H,4-6H2,1-3H3;/q-1;+1. The molecule has 9 heavy (non-hydrogen) atoms. The Morgan fingerprint density at radius 1 is 1.00 bits per heavy atom. The van der Waals surface area contributed by atoms with Gasteiger partial charge in [0.05, 0.1) is 0 Å². The quantitative estimate of drug-likeness (QED) is 0.470. The van der Waals surface area contributed by atoms with Crippen LogP contribution >= 0.6 is 0 Å². The predicted octanol–water partition coefficient (Wildman–Crippen LogP) is 0.0114. The molecule has 0 saturated heterocycles. The van der Waals surface area contributed by atoms with Gasteiger partial charge in [-0.3, -0.25) is 0 Å². The third-order valence-corrected chi connectivity index (χ3v) is 2.03. The summed E-state index contributed by atoms with van der Waals surface area (Å²) in [6, 6.07) is 0. The minimum absolute atomic E-state index is 0. The number of hydrogen-bond donors (Lipinski definition) is 0. The largest absolute Gasteiger partial charge is 1.00 e. The van der Waals surface area contributed by atoms with Crippen molar-refractivity contribution in [2.24, 2.45) is 0 Å². The van der Waals surface area contributed by atoms with Crippen LogP contribution in [0.15, 0.2) is 0 Å². The van der Waals surface area contributed by atoms with Gasteiger partial charge in [-0.15, -0.1) is 5.54 Å². The van der Waals surface area contributed by atoms with Crippen molar-refractivity contribution in [3.8, 4) is 0 Å². The molecule has 0 aromatic heterocycles. The minimum Gasteiger partial charge on any atom is -0.672 e. The zero-order chi connectivity index (χ0) is 6.62. The molecule has 0 spiro atoms. The van der Waals surface area contributed by atoms with Gasteiger partial charge in [0.2, 0.25) is 0 Å². The van der Waals surface area contributed by atoms with Crippen molar-refractivity contribution in [2.75, 3.05) is 0 Å². The van der Waals surface area contributed by atoms with Gasteiger partial charge in [0.15, 0.2) is 0 Å². The van der Waals surface area contributed by atoms with Crippen LogP contribution in [0.4, 0.5) is 0 Å². The molecule has 0 aromatic carbocycles. The zero-order valence-corrected chi connectivity index (χ0v) is 7.12. The summed E-state index contributed by atoms with van der Waals surface area (Å²) in [5.41, 5.74) is 7.54. The van der Waals surface area contributed by atoms with Crippen molar-refractivity contribution in [3.05, 3.63) is 5.73 Å². The average molecular weight is 121 g/mol. The zero-order valence-electron chi connectivity index (χ0n) is 7.12. The van der Waals surface area contributed by atoms with Gasteiger partial charge in [0.1, 0.15) is 0 Å². The third-order valence-electron chi connectivity index (χ3n) is 2.03. The van der Waals surface area contributed by atoms with Gasteiger partial charge in [-0.25, -0.2) is 0 Å². The molecule has 0 amide bonds. The summed E-state index contributed by atoms with van der Waals surface area (Å²) in [6.07, 6.45) is 2.96. The second-order valence-electron chi connectivity index (χ2n) is 2.34. The van der Waals surface area contributed by atoms with Crippen molar-refractivity contribution >= 4 is 0 Å². The molecule has 0 saturated carbocycles. The molecule has 0 aliphatic carbocycles. The molecule has 0 rings (SSSR count).